The molecule has 0 aliphatic carbocycles. The van der Waals surface area contributed by atoms with Crippen LogP contribution in [0.2, 0.25) is 0 Å². The maximum Gasteiger partial charge on any atom is 0.416 e. The van der Waals surface area contributed by atoms with Crippen LogP contribution < -0.4 is 0 Å². The Labute approximate surface area is 85.9 Å². The van der Waals surface area contributed by atoms with Gasteiger partial charge in [-0.2, -0.15) is 13.2 Å². The van der Waals surface area contributed by atoms with Gasteiger partial charge in [0.25, 0.3) is 0 Å². The van der Waals surface area contributed by atoms with Gasteiger partial charge in [-0.15, -0.1) is 0 Å². The van der Waals surface area contributed by atoms with Gasteiger partial charge in [-0.1, -0.05) is 19.9 Å². The fraction of sp³-hybridized carbons (Fsp3) is 0.364. The Morgan fingerprint density at radius 2 is 1.87 bits per heavy atom. The summed E-state index contributed by atoms with van der Waals surface area (Å²) in [5.74, 6) is -1.21. The zero-order chi connectivity index (χ0) is 11.6. The van der Waals surface area contributed by atoms with E-state index < -0.39 is 17.6 Å². The van der Waals surface area contributed by atoms with Gasteiger partial charge in [-0.25, -0.2) is 4.39 Å². The van der Waals surface area contributed by atoms with Gasteiger partial charge in [0.05, 0.1) is 5.56 Å². The first-order valence-electron chi connectivity index (χ1n) is 4.52. The molecule has 0 N–H and O–H groups in total. The minimum Gasteiger partial charge on any atom is -0.207 e. The van der Waals surface area contributed by atoms with Crippen molar-refractivity contribution in [2.24, 2.45) is 0 Å². The molecular weight excluding hydrogens is 208 g/mol. The fourth-order valence-corrected chi connectivity index (χ4v) is 1.35. The number of hydrogen-bond donors (Lipinski definition) is 0. The van der Waals surface area contributed by atoms with Crippen molar-refractivity contribution >= 4 is 0 Å². The predicted molar refractivity (Wildman–Crippen MR) is 49.8 cm³/mol. The summed E-state index contributed by atoms with van der Waals surface area (Å²) in [6.45, 7) is 3.32. The third-order valence-electron chi connectivity index (χ3n) is 2.31. The summed E-state index contributed by atoms with van der Waals surface area (Å²) >= 11 is 0. The molecule has 0 aromatic heterocycles. The second kappa shape index (κ2) is 4.21. The maximum absolute atomic E-state index is 12.7. The second-order valence-corrected chi connectivity index (χ2v) is 3.35. The minimum absolute atomic E-state index is 0.103. The van der Waals surface area contributed by atoms with E-state index in [4.69, 9.17) is 0 Å². The highest BCUT2D eigenvalue weighted by molar-refractivity contribution is 5.34. The zero-order valence-electron chi connectivity index (χ0n) is 8.40. The molecule has 0 spiro atoms. The van der Waals surface area contributed by atoms with Crippen LogP contribution >= 0.6 is 0 Å². The SMILES string of the molecule is C[CH][C@H](C)c1ccc(F)cc1C(F)(F)F. The average molecular weight is 219 g/mol. The summed E-state index contributed by atoms with van der Waals surface area (Å²) in [5, 5.41) is 0. The first kappa shape index (κ1) is 12.0. The van der Waals surface area contributed by atoms with E-state index in [-0.39, 0.29) is 11.5 Å². The van der Waals surface area contributed by atoms with Crippen molar-refractivity contribution < 1.29 is 17.6 Å². The smallest absolute Gasteiger partial charge is 0.207 e. The van der Waals surface area contributed by atoms with E-state index in [0.29, 0.717) is 6.07 Å². The van der Waals surface area contributed by atoms with Crippen molar-refractivity contribution in [3.05, 3.63) is 41.6 Å². The monoisotopic (exact) mass is 219 g/mol. The van der Waals surface area contributed by atoms with Crippen LogP contribution in [0.4, 0.5) is 17.6 Å². The molecule has 0 aliphatic rings. The molecule has 0 fully saturated rings. The highest BCUT2D eigenvalue weighted by Gasteiger charge is 2.34. The minimum atomic E-state index is -4.51. The van der Waals surface area contributed by atoms with Crippen LogP contribution in [-0.2, 0) is 6.18 Å². The van der Waals surface area contributed by atoms with Gasteiger partial charge in [-0.3, -0.25) is 0 Å². The van der Waals surface area contributed by atoms with Crippen LogP contribution in [0.5, 0.6) is 0 Å². The van der Waals surface area contributed by atoms with Crippen molar-refractivity contribution in [1.82, 2.24) is 0 Å². The van der Waals surface area contributed by atoms with Gasteiger partial charge in [0.15, 0.2) is 0 Å². The number of rotatable bonds is 2. The predicted octanol–water partition coefficient (Wildman–Crippen LogP) is 4.17. The molecule has 83 valence electrons. The Morgan fingerprint density at radius 3 is 2.33 bits per heavy atom. The molecule has 0 aliphatic heterocycles. The Kier molecular flexibility index (Phi) is 3.37. The van der Waals surface area contributed by atoms with E-state index in [9.17, 15) is 17.6 Å². The molecule has 0 saturated heterocycles. The van der Waals surface area contributed by atoms with E-state index in [1.807, 2.05) is 0 Å². The van der Waals surface area contributed by atoms with Gasteiger partial charge >= 0.3 is 6.18 Å². The summed E-state index contributed by atoms with van der Waals surface area (Å²) < 4.78 is 50.4. The molecule has 1 aromatic rings. The van der Waals surface area contributed by atoms with E-state index in [1.165, 1.54) is 6.07 Å². The summed E-state index contributed by atoms with van der Waals surface area (Å²) in [6.07, 6.45) is -2.86. The molecule has 4 heteroatoms. The first-order valence-corrected chi connectivity index (χ1v) is 4.52. The lowest BCUT2D eigenvalue weighted by atomic mass is 9.93. The van der Waals surface area contributed by atoms with Gasteiger partial charge in [0.2, 0.25) is 0 Å². The standard InChI is InChI=1S/C11H11F4/c1-3-7(2)9-5-4-8(12)6-10(9)11(13,14)15/h3-7H,1-2H3/t7-/m0/s1. The van der Waals surface area contributed by atoms with Crippen molar-refractivity contribution in [2.45, 2.75) is 25.9 Å². The molecule has 1 radical (unpaired) electrons. The molecule has 1 aromatic carbocycles. The van der Waals surface area contributed by atoms with E-state index in [1.54, 1.807) is 20.3 Å². The van der Waals surface area contributed by atoms with Crippen LogP contribution in [0.15, 0.2) is 18.2 Å². The molecule has 0 nitrogen and oxygen atoms in total. The molecule has 1 rings (SSSR count). The van der Waals surface area contributed by atoms with Crippen LogP contribution in [-0.4, -0.2) is 0 Å². The van der Waals surface area contributed by atoms with Crippen molar-refractivity contribution in [3.63, 3.8) is 0 Å². The first-order chi connectivity index (χ1) is 6.86. The quantitative estimate of drug-likeness (QED) is 0.655. The highest BCUT2D eigenvalue weighted by atomic mass is 19.4. The molecule has 0 amide bonds. The third kappa shape index (κ3) is 2.70. The summed E-state index contributed by atoms with van der Waals surface area (Å²) in [4.78, 5) is 0. The summed E-state index contributed by atoms with van der Waals surface area (Å²) in [5.41, 5.74) is -0.792. The maximum atomic E-state index is 12.7. The van der Waals surface area contributed by atoms with Crippen LogP contribution in [0.3, 0.4) is 0 Å². The lowest BCUT2D eigenvalue weighted by Gasteiger charge is -2.16. The second-order valence-electron chi connectivity index (χ2n) is 3.35. The van der Waals surface area contributed by atoms with Crippen molar-refractivity contribution in [1.29, 1.82) is 0 Å². The normalized spacial score (nSPS) is 14.0. The van der Waals surface area contributed by atoms with E-state index >= 15 is 0 Å². The lowest BCUT2D eigenvalue weighted by Crippen LogP contribution is -2.11. The third-order valence-corrected chi connectivity index (χ3v) is 2.31. The number of benzene rings is 1. The number of halogens is 4. The highest BCUT2D eigenvalue weighted by Crippen LogP contribution is 2.36. The number of hydrogen-bond acceptors (Lipinski definition) is 0. The average Bonchev–Trinajstić information content (AvgIpc) is 2.15. The molecule has 0 saturated carbocycles. The van der Waals surface area contributed by atoms with E-state index in [0.717, 1.165) is 6.07 Å². The molecule has 0 unspecified atom stereocenters. The van der Waals surface area contributed by atoms with Gasteiger partial charge in [0, 0.05) is 0 Å². The van der Waals surface area contributed by atoms with Crippen LogP contribution in [0, 0.1) is 12.2 Å². The Balaban J connectivity index is 3.27. The van der Waals surface area contributed by atoms with Gasteiger partial charge in [-0.05, 0) is 30.0 Å². The summed E-state index contributed by atoms with van der Waals surface area (Å²) in [7, 11) is 0. The fourth-order valence-electron chi connectivity index (χ4n) is 1.35. The largest absolute Gasteiger partial charge is 0.416 e. The molecule has 0 bridgehead atoms. The number of alkyl halides is 3. The van der Waals surface area contributed by atoms with Gasteiger partial charge < -0.3 is 0 Å². The Hall–Kier alpha value is -1.06. The Morgan fingerprint density at radius 1 is 1.27 bits per heavy atom. The van der Waals surface area contributed by atoms with Gasteiger partial charge in [0.1, 0.15) is 5.82 Å². The van der Waals surface area contributed by atoms with Crippen LogP contribution in [0.25, 0.3) is 0 Å². The Bertz CT molecular complexity index is 341. The molecular formula is C11H11F4. The van der Waals surface area contributed by atoms with Crippen molar-refractivity contribution in [2.75, 3.05) is 0 Å². The van der Waals surface area contributed by atoms with E-state index in [2.05, 4.69) is 0 Å². The lowest BCUT2D eigenvalue weighted by molar-refractivity contribution is -0.138. The summed E-state index contributed by atoms with van der Waals surface area (Å²) in [6, 6.07) is 2.77. The molecule has 15 heavy (non-hydrogen) atoms. The molecule has 0 heterocycles. The molecule has 1 atom stereocenters. The topological polar surface area (TPSA) is 0 Å². The zero-order valence-corrected chi connectivity index (χ0v) is 8.40. The van der Waals surface area contributed by atoms with Crippen molar-refractivity contribution in [3.8, 4) is 0 Å². The van der Waals surface area contributed by atoms with Crippen LogP contribution in [0.1, 0.15) is 30.9 Å².